The molecular formula is C46H68N14O3. The summed E-state index contributed by atoms with van der Waals surface area (Å²) < 4.78 is 16.3. The molecule has 17 heteroatoms. The van der Waals surface area contributed by atoms with Crippen molar-refractivity contribution in [3.05, 3.63) is 49.6 Å². The standard InChI is InChI=1S/C46H68N14O3/c1-29(23-61-3)57-33-5-7-34(8-6-33)59-45-19-41(51-27-55-45)40-18-44(54-26-50-40)48-22-32-15-36(32)37-16-35(58-30(2)24-62-4)9-10-38(37)60-46-20-42(52-28-56-46)39-17-43(53-25-49-39)47-21-31-11-13-63-14-12-31/h17-20,25-38,57-58H,5-16,21-24H2,1-4H3,(H,47,49,53)(H,48,50,54)(H,51,55,59)(H,52,56,60)/t29-,30-,32?,33?,34?,35+,36?,37?,38+/m0/s1. The Morgan fingerprint density at radius 3 is 1.62 bits per heavy atom. The Morgan fingerprint density at radius 2 is 1.03 bits per heavy atom. The topological polar surface area (TPSA) is 203 Å². The van der Waals surface area contributed by atoms with Gasteiger partial charge in [-0.3, -0.25) is 0 Å². The van der Waals surface area contributed by atoms with Crippen LogP contribution in [0.15, 0.2) is 49.6 Å². The third-order valence-electron chi connectivity index (χ3n) is 13.4. The molecule has 1 aliphatic heterocycles. The van der Waals surface area contributed by atoms with Crippen molar-refractivity contribution in [3.8, 4) is 22.8 Å². The monoisotopic (exact) mass is 865 g/mol. The Bertz CT molecular complexity index is 2020. The summed E-state index contributed by atoms with van der Waals surface area (Å²) in [6, 6.07) is 10.3. The van der Waals surface area contributed by atoms with Gasteiger partial charge < -0.3 is 46.1 Å². The normalized spacial score (nSPS) is 26.1. The van der Waals surface area contributed by atoms with E-state index in [4.69, 9.17) is 19.2 Å². The van der Waals surface area contributed by atoms with Gasteiger partial charge in [-0.05, 0) is 102 Å². The lowest BCUT2D eigenvalue weighted by Gasteiger charge is -2.39. The molecule has 3 aliphatic carbocycles. The second-order valence-electron chi connectivity index (χ2n) is 18.3. The predicted molar refractivity (Wildman–Crippen MR) is 245 cm³/mol. The van der Waals surface area contributed by atoms with Gasteiger partial charge >= 0.3 is 0 Å². The van der Waals surface area contributed by atoms with Crippen LogP contribution in [0.5, 0.6) is 0 Å². The molecule has 4 aromatic heterocycles. The highest BCUT2D eigenvalue weighted by molar-refractivity contribution is 5.62. The summed E-state index contributed by atoms with van der Waals surface area (Å²) in [6.45, 7) is 9.18. The Balaban J connectivity index is 0.871. The highest BCUT2D eigenvalue weighted by atomic mass is 16.5. The maximum absolute atomic E-state index is 5.53. The molecule has 0 bridgehead atoms. The van der Waals surface area contributed by atoms with Gasteiger partial charge in [0.25, 0.3) is 0 Å². The fourth-order valence-electron chi connectivity index (χ4n) is 10.0. The van der Waals surface area contributed by atoms with Crippen LogP contribution < -0.4 is 31.9 Å². The van der Waals surface area contributed by atoms with Crippen molar-refractivity contribution >= 4 is 23.3 Å². The van der Waals surface area contributed by atoms with Crippen LogP contribution in [-0.2, 0) is 14.2 Å². The average Bonchev–Trinajstić information content (AvgIpc) is 4.09. The zero-order valence-electron chi connectivity index (χ0n) is 37.5. The van der Waals surface area contributed by atoms with Crippen molar-refractivity contribution in [1.82, 2.24) is 50.5 Å². The molecule has 1 saturated heterocycles. The van der Waals surface area contributed by atoms with E-state index >= 15 is 0 Å². The first-order chi connectivity index (χ1) is 30.9. The minimum atomic E-state index is 0.281. The summed E-state index contributed by atoms with van der Waals surface area (Å²) in [4.78, 5) is 36.7. The molecule has 0 spiro atoms. The lowest BCUT2D eigenvalue weighted by Crippen LogP contribution is -2.47. The van der Waals surface area contributed by atoms with Gasteiger partial charge in [0, 0.05) is 101 Å². The Kier molecular flexibility index (Phi) is 15.9. The molecule has 63 heavy (non-hydrogen) atoms. The number of nitrogens with zero attached hydrogens (tertiary/aromatic N) is 8. The molecule has 3 unspecified atom stereocenters. The van der Waals surface area contributed by atoms with Gasteiger partial charge in [0.2, 0.25) is 0 Å². The fraction of sp³-hybridized carbons (Fsp3) is 0.652. The van der Waals surface area contributed by atoms with Crippen LogP contribution in [0.2, 0.25) is 0 Å². The van der Waals surface area contributed by atoms with E-state index in [1.807, 2.05) is 24.3 Å². The zero-order valence-corrected chi connectivity index (χ0v) is 37.5. The highest BCUT2D eigenvalue weighted by Gasteiger charge is 2.48. The maximum atomic E-state index is 5.53. The van der Waals surface area contributed by atoms with Gasteiger partial charge in [-0.1, -0.05) is 0 Å². The van der Waals surface area contributed by atoms with Gasteiger partial charge in [-0.25, -0.2) is 39.9 Å². The van der Waals surface area contributed by atoms with E-state index in [1.165, 1.54) is 6.42 Å². The summed E-state index contributed by atoms with van der Waals surface area (Å²) in [5, 5.41) is 22.2. The summed E-state index contributed by atoms with van der Waals surface area (Å²) in [7, 11) is 3.52. The van der Waals surface area contributed by atoms with E-state index in [0.29, 0.717) is 60.5 Å². The van der Waals surface area contributed by atoms with Crippen molar-refractivity contribution in [1.29, 1.82) is 0 Å². The molecule has 5 heterocycles. The molecule has 4 fully saturated rings. The molecule has 4 aliphatic rings. The number of aromatic nitrogens is 8. The number of anilines is 4. The number of ether oxygens (including phenoxy) is 3. The second-order valence-corrected chi connectivity index (χ2v) is 18.3. The molecule has 7 atom stereocenters. The summed E-state index contributed by atoms with van der Waals surface area (Å²) >= 11 is 0. The van der Waals surface area contributed by atoms with Gasteiger partial charge in [0.05, 0.1) is 36.0 Å². The average molecular weight is 865 g/mol. The largest absolute Gasteiger partial charge is 0.383 e. The van der Waals surface area contributed by atoms with Crippen molar-refractivity contribution < 1.29 is 14.2 Å². The molecule has 0 aromatic carbocycles. The van der Waals surface area contributed by atoms with Gasteiger partial charge in [0.1, 0.15) is 48.6 Å². The van der Waals surface area contributed by atoms with Gasteiger partial charge in [-0.15, -0.1) is 0 Å². The number of methoxy groups -OCH3 is 2. The first-order valence-electron chi connectivity index (χ1n) is 23.3. The quantitative estimate of drug-likeness (QED) is 0.0596. The molecular weight excluding hydrogens is 797 g/mol. The Hall–Kier alpha value is -4.68. The Labute approximate surface area is 372 Å². The van der Waals surface area contributed by atoms with Crippen LogP contribution in [0.3, 0.4) is 0 Å². The lowest BCUT2D eigenvalue weighted by atomic mass is 9.77. The van der Waals surface area contributed by atoms with E-state index in [2.05, 4.69) is 80.6 Å². The smallest absolute Gasteiger partial charge is 0.130 e. The van der Waals surface area contributed by atoms with Crippen LogP contribution in [0.25, 0.3) is 22.8 Å². The molecule has 3 saturated carbocycles. The SMILES string of the molecule is COC[C@H](C)NC1CCC(Nc2cc(-c3cc(NCC4CC4C4C[C@H](N[C@@H](C)COC)CC[C@H]4Nc4cc(-c5cc(NCC6CCOCC6)ncn5)ncn4)ncn3)ncn2)CC1. The third-order valence-corrected chi connectivity index (χ3v) is 13.4. The molecule has 0 radical (unpaired) electrons. The third kappa shape index (κ3) is 13.0. The van der Waals surface area contributed by atoms with Crippen molar-refractivity contribution in [2.75, 3.05) is 75.0 Å². The molecule has 4 aromatic rings. The minimum absolute atomic E-state index is 0.281. The first kappa shape index (κ1) is 44.9. The number of hydrogen-bond acceptors (Lipinski definition) is 17. The van der Waals surface area contributed by atoms with Crippen molar-refractivity contribution in [3.63, 3.8) is 0 Å². The first-order valence-corrected chi connectivity index (χ1v) is 23.3. The predicted octanol–water partition coefficient (Wildman–Crippen LogP) is 5.69. The molecule has 6 N–H and O–H groups in total. The summed E-state index contributed by atoms with van der Waals surface area (Å²) in [6.07, 6.45) is 17.4. The maximum Gasteiger partial charge on any atom is 0.130 e. The summed E-state index contributed by atoms with van der Waals surface area (Å²) in [5.41, 5.74) is 3.10. The van der Waals surface area contributed by atoms with Crippen LogP contribution >= 0.6 is 0 Å². The van der Waals surface area contributed by atoms with Crippen LogP contribution in [0, 0.1) is 23.7 Å². The second kappa shape index (κ2) is 22.3. The fourth-order valence-corrected chi connectivity index (χ4v) is 10.0. The number of nitrogens with one attached hydrogen (secondary N) is 6. The Morgan fingerprint density at radius 1 is 0.540 bits per heavy atom. The van der Waals surface area contributed by atoms with E-state index < -0.39 is 0 Å². The number of hydrogen-bond donors (Lipinski definition) is 6. The van der Waals surface area contributed by atoms with Crippen molar-refractivity contribution in [2.45, 2.75) is 114 Å². The minimum Gasteiger partial charge on any atom is -0.383 e. The van der Waals surface area contributed by atoms with Crippen LogP contribution in [-0.4, -0.2) is 130 Å². The van der Waals surface area contributed by atoms with E-state index in [-0.39, 0.29) is 6.04 Å². The van der Waals surface area contributed by atoms with Gasteiger partial charge in [-0.2, -0.15) is 0 Å². The number of rotatable bonds is 21. The highest BCUT2D eigenvalue weighted by Crippen LogP contribution is 2.50. The van der Waals surface area contributed by atoms with Crippen LogP contribution in [0.1, 0.15) is 78.1 Å². The van der Waals surface area contributed by atoms with Crippen molar-refractivity contribution in [2.24, 2.45) is 23.7 Å². The van der Waals surface area contributed by atoms with Crippen LogP contribution in [0.4, 0.5) is 23.3 Å². The van der Waals surface area contributed by atoms with E-state index in [0.717, 1.165) is 137 Å². The van der Waals surface area contributed by atoms with E-state index in [1.54, 1.807) is 39.5 Å². The molecule has 8 rings (SSSR count). The molecule has 17 nitrogen and oxygen atoms in total. The lowest BCUT2D eigenvalue weighted by molar-refractivity contribution is 0.0699. The zero-order chi connectivity index (χ0) is 43.4. The molecule has 340 valence electrons. The molecule has 0 amide bonds. The summed E-state index contributed by atoms with van der Waals surface area (Å²) in [5.74, 6) is 5.42. The van der Waals surface area contributed by atoms with Gasteiger partial charge in [0.15, 0.2) is 0 Å². The van der Waals surface area contributed by atoms with E-state index in [9.17, 15) is 0 Å².